The number of rotatable bonds is 5. The summed E-state index contributed by atoms with van der Waals surface area (Å²) in [6.07, 6.45) is 6.58. The fourth-order valence-corrected chi connectivity index (χ4v) is 3.13. The number of fused-ring (bicyclic) bond motifs is 1. The van der Waals surface area contributed by atoms with Crippen LogP contribution in [0.4, 0.5) is 5.69 Å². The van der Waals surface area contributed by atoms with E-state index in [1.165, 1.54) is 43.4 Å². The van der Waals surface area contributed by atoms with Gasteiger partial charge in [-0.25, -0.2) is 0 Å². The van der Waals surface area contributed by atoms with Crippen LogP contribution in [0.2, 0.25) is 0 Å². The van der Waals surface area contributed by atoms with Crippen molar-refractivity contribution in [3.8, 4) is 0 Å². The molecule has 0 aliphatic carbocycles. The predicted molar refractivity (Wildman–Crippen MR) is 80.0 cm³/mol. The van der Waals surface area contributed by atoms with Crippen molar-refractivity contribution in [2.75, 3.05) is 5.32 Å². The largest absolute Gasteiger partial charge is 0.382 e. The van der Waals surface area contributed by atoms with Crippen molar-refractivity contribution in [2.24, 2.45) is 11.8 Å². The van der Waals surface area contributed by atoms with E-state index in [0.717, 1.165) is 11.8 Å². The summed E-state index contributed by atoms with van der Waals surface area (Å²) in [4.78, 5) is 0. The Morgan fingerprint density at radius 2 is 2.00 bits per heavy atom. The van der Waals surface area contributed by atoms with E-state index in [2.05, 4.69) is 50.4 Å². The molecule has 2 unspecified atom stereocenters. The van der Waals surface area contributed by atoms with Gasteiger partial charge in [0.05, 0.1) is 0 Å². The molecule has 2 atom stereocenters. The van der Waals surface area contributed by atoms with Crippen LogP contribution >= 0.6 is 0 Å². The monoisotopic (exact) mass is 245 g/mol. The van der Waals surface area contributed by atoms with Crippen molar-refractivity contribution in [3.63, 3.8) is 0 Å². The first-order chi connectivity index (χ1) is 8.65. The van der Waals surface area contributed by atoms with Gasteiger partial charge in [-0.1, -0.05) is 39.0 Å². The third-order valence-electron chi connectivity index (χ3n) is 4.02. The number of hydrogen-bond donors (Lipinski definition) is 1. The third-order valence-corrected chi connectivity index (χ3v) is 4.02. The first-order valence-electron chi connectivity index (χ1n) is 7.49. The number of benzene rings is 1. The predicted octanol–water partition coefficient (Wildman–Crippen LogP) is 4.88. The lowest BCUT2D eigenvalue weighted by atomic mass is 9.90. The van der Waals surface area contributed by atoms with E-state index >= 15 is 0 Å². The number of nitrogens with one attached hydrogen (secondary N) is 1. The van der Waals surface area contributed by atoms with E-state index in [1.807, 2.05) is 0 Å². The van der Waals surface area contributed by atoms with E-state index in [9.17, 15) is 0 Å². The summed E-state index contributed by atoms with van der Waals surface area (Å²) in [6.45, 7) is 7.05. The van der Waals surface area contributed by atoms with Crippen molar-refractivity contribution in [1.29, 1.82) is 0 Å². The Kier molecular flexibility index (Phi) is 4.68. The molecule has 0 saturated heterocycles. The van der Waals surface area contributed by atoms with Crippen LogP contribution in [0.1, 0.15) is 52.0 Å². The van der Waals surface area contributed by atoms with Gasteiger partial charge < -0.3 is 5.32 Å². The minimum atomic E-state index is 0.689. The average Bonchev–Trinajstić information content (AvgIpc) is 2.35. The average molecular weight is 245 g/mol. The summed E-state index contributed by atoms with van der Waals surface area (Å²) in [5.74, 6) is 1.70. The highest BCUT2D eigenvalue weighted by Crippen LogP contribution is 2.27. The van der Waals surface area contributed by atoms with Crippen molar-refractivity contribution < 1.29 is 0 Å². The van der Waals surface area contributed by atoms with E-state index in [0.29, 0.717) is 6.04 Å². The van der Waals surface area contributed by atoms with Gasteiger partial charge in [-0.3, -0.25) is 0 Å². The van der Waals surface area contributed by atoms with E-state index in [1.54, 1.807) is 0 Å². The Morgan fingerprint density at radius 1 is 1.22 bits per heavy atom. The molecule has 1 aliphatic rings. The first kappa shape index (κ1) is 13.5. The number of hydrogen-bond acceptors (Lipinski definition) is 1. The third kappa shape index (κ3) is 3.76. The van der Waals surface area contributed by atoms with Crippen LogP contribution in [0.3, 0.4) is 0 Å². The molecule has 1 heterocycles. The van der Waals surface area contributed by atoms with Gasteiger partial charge in [-0.15, -0.1) is 0 Å². The highest BCUT2D eigenvalue weighted by molar-refractivity contribution is 5.53. The summed E-state index contributed by atoms with van der Waals surface area (Å²) < 4.78 is 0. The van der Waals surface area contributed by atoms with Gasteiger partial charge in [0.2, 0.25) is 0 Å². The fraction of sp³-hybridized carbons (Fsp3) is 0.647. The topological polar surface area (TPSA) is 12.0 Å². The molecular formula is C17H27N. The highest BCUT2D eigenvalue weighted by atomic mass is 14.9. The minimum absolute atomic E-state index is 0.689. The van der Waals surface area contributed by atoms with Crippen LogP contribution in [0, 0.1) is 11.8 Å². The molecule has 1 aliphatic heterocycles. The second-order valence-electron chi connectivity index (χ2n) is 6.35. The molecule has 0 amide bonds. The molecule has 0 spiro atoms. The van der Waals surface area contributed by atoms with Gasteiger partial charge in [0.1, 0.15) is 0 Å². The molecule has 0 radical (unpaired) electrons. The SMILES string of the molecule is CC(C)CC(C)CCC1CCc2ccccc2N1. The summed E-state index contributed by atoms with van der Waals surface area (Å²) in [7, 11) is 0. The van der Waals surface area contributed by atoms with Crippen LogP contribution in [-0.2, 0) is 6.42 Å². The summed E-state index contributed by atoms with van der Waals surface area (Å²) in [5, 5.41) is 3.71. The normalized spacial score (nSPS) is 20.3. The second-order valence-corrected chi connectivity index (χ2v) is 6.35. The summed E-state index contributed by atoms with van der Waals surface area (Å²) >= 11 is 0. The molecule has 0 aromatic heterocycles. The Labute approximate surface area is 112 Å². The van der Waals surface area contributed by atoms with E-state index in [-0.39, 0.29) is 0 Å². The highest BCUT2D eigenvalue weighted by Gasteiger charge is 2.17. The Morgan fingerprint density at radius 3 is 2.78 bits per heavy atom. The summed E-state index contributed by atoms with van der Waals surface area (Å²) in [6, 6.07) is 9.44. The van der Waals surface area contributed by atoms with Gasteiger partial charge in [0, 0.05) is 11.7 Å². The standard InChI is InChI=1S/C17H27N/c1-13(2)12-14(3)8-10-16-11-9-15-6-4-5-7-17(15)18-16/h4-7,13-14,16,18H,8-12H2,1-3H3. The quantitative estimate of drug-likeness (QED) is 0.780. The molecule has 0 saturated carbocycles. The maximum Gasteiger partial charge on any atom is 0.0374 e. The van der Waals surface area contributed by atoms with Gasteiger partial charge in [0.15, 0.2) is 0 Å². The molecule has 0 fully saturated rings. The smallest absolute Gasteiger partial charge is 0.0374 e. The zero-order chi connectivity index (χ0) is 13.0. The van der Waals surface area contributed by atoms with Crippen LogP contribution in [0.25, 0.3) is 0 Å². The Hall–Kier alpha value is -0.980. The molecule has 1 N–H and O–H groups in total. The zero-order valence-electron chi connectivity index (χ0n) is 12.1. The Balaban J connectivity index is 1.79. The minimum Gasteiger partial charge on any atom is -0.382 e. The lowest BCUT2D eigenvalue weighted by Gasteiger charge is -2.28. The molecule has 1 heteroatoms. The van der Waals surface area contributed by atoms with Crippen molar-refractivity contribution in [2.45, 2.75) is 58.9 Å². The fourth-order valence-electron chi connectivity index (χ4n) is 3.13. The summed E-state index contributed by atoms with van der Waals surface area (Å²) in [5.41, 5.74) is 2.86. The molecule has 18 heavy (non-hydrogen) atoms. The number of aryl methyl sites for hydroxylation is 1. The molecule has 1 aromatic carbocycles. The number of anilines is 1. The van der Waals surface area contributed by atoms with Crippen LogP contribution in [0.5, 0.6) is 0 Å². The molecule has 1 nitrogen and oxygen atoms in total. The van der Waals surface area contributed by atoms with Gasteiger partial charge in [-0.2, -0.15) is 0 Å². The van der Waals surface area contributed by atoms with Crippen molar-refractivity contribution >= 4 is 5.69 Å². The van der Waals surface area contributed by atoms with Gasteiger partial charge >= 0.3 is 0 Å². The van der Waals surface area contributed by atoms with Crippen molar-refractivity contribution in [3.05, 3.63) is 29.8 Å². The molecule has 100 valence electrons. The van der Waals surface area contributed by atoms with Crippen LogP contribution in [-0.4, -0.2) is 6.04 Å². The van der Waals surface area contributed by atoms with Crippen molar-refractivity contribution in [1.82, 2.24) is 0 Å². The lowest BCUT2D eigenvalue weighted by molar-refractivity contribution is 0.389. The van der Waals surface area contributed by atoms with Crippen LogP contribution < -0.4 is 5.32 Å². The number of para-hydroxylation sites is 1. The molecular weight excluding hydrogens is 218 g/mol. The lowest BCUT2D eigenvalue weighted by Crippen LogP contribution is -2.25. The maximum absolute atomic E-state index is 3.71. The van der Waals surface area contributed by atoms with Gasteiger partial charge in [-0.05, 0) is 55.6 Å². The maximum atomic E-state index is 3.71. The molecule has 1 aromatic rings. The van der Waals surface area contributed by atoms with E-state index in [4.69, 9.17) is 0 Å². The van der Waals surface area contributed by atoms with Crippen LogP contribution in [0.15, 0.2) is 24.3 Å². The first-order valence-corrected chi connectivity index (χ1v) is 7.49. The molecule has 0 bridgehead atoms. The Bertz CT molecular complexity index is 370. The van der Waals surface area contributed by atoms with E-state index < -0.39 is 0 Å². The second kappa shape index (κ2) is 6.26. The van der Waals surface area contributed by atoms with Gasteiger partial charge in [0.25, 0.3) is 0 Å². The molecule has 2 rings (SSSR count). The zero-order valence-corrected chi connectivity index (χ0v) is 12.1.